The summed E-state index contributed by atoms with van der Waals surface area (Å²) in [4.78, 5) is 7.90. The number of ether oxygens (including phenoxy) is 1. The molecule has 2 aromatic heterocycles. The summed E-state index contributed by atoms with van der Waals surface area (Å²) in [6.07, 6.45) is 2.17. The van der Waals surface area contributed by atoms with Crippen molar-refractivity contribution in [1.29, 1.82) is 0 Å². The van der Waals surface area contributed by atoms with E-state index >= 15 is 0 Å². The Morgan fingerprint density at radius 3 is 2.52 bits per heavy atom. The molecule has 0 amide bonds. The number of nitrogens with one attached hydrogen (secondary N) is 2. The van der Waals surface area contributed by atoms with Gasteiger partial charge in [-0.3, -0.25) is 0 Å². The normalized spacial score (nSPS) is 18.7. The first-order chi connectivity index (χ1) is 15.9. The van der Waals surface area contributed by atoms with Gasteiger partial charge in [-0.25, -0.2) is 4.98 Å². The number of nitrogens with zero attached hydrogens (tertiary/aromatic N) is 3. The number of aliphatic hydroxyl groups is 1. The SMILES string of the molecule is OC1CCCCC1Nc1nc(Nc2ccc(OCCn3cccc3)cc2)ncc1C(F)(F)F. The molecule has 7 nitrogen and oxygen atoms in total. The topological polar surface area (TPSA) is 84.2 Å². The van der Waals surface area contributed by atoms with Gasteiger partial charge in [0.1, 0.15) is 23.7 Å². The van der Waals surface area contributed by atoms with E-state index < -0.39 is 23.9 Å². The summed E-state index contributed by atoms with van der Waals surface area (Å²) in [5.41, 5.74) is -0.353. The molecule has 1 aliphatic carbocycles. The minimum atomic E-state index is -4.61. The van der Waals surface area contributed by atoms with Crippen molar-refractivity contribution in [2.75, 3.05) is 17.2 Å². The maximum atomic E-state index is 13.5. The number of aliphatic hydroxyl groups excluding tert-OH is 1. The number of hydrogen-bond acceptors (Lipinski definition) is 6. The van der Waals surface area contributed by atoms with E-state index in [9.17, 15) is 18.3 Å². The Bertz CT molecular complexity index is 1030. The molecule has 0 bridgehead atoms. The van der Waals surface area contributed by atoms with Crippen molar-refractivity contribution >= 4 is 17.5 Å². The van der Waals surface area contributed by atoms with Crippen LogP contribution in [0.1, 0.15) is 31.2 Å². The van der Waals surface area contributed by atoms with Gasteiger partial charge in [0.05, 0.1) is 18.7 Å². The molecule has 1 fully saturated rings. The van der Waals surface area contributed by atoms with E-state index in [-0.39, 0.29) is 11.8 Å². The van der Waals surface area contributed by atoms with Gasteiger partial charge in [0, 0.05) is 24.3 Å². The predicted octanol–water partition coefficient (Wildman–Crippen LogP) is 4.83. The van der Waals surface area contributed by atoms with Gasteiger partial charge in [0.2, 0.25) is 5.95 Å². The Kier molecular flexibility index (Phi) is 7.02. The molecular weight excluding hydrogens is 435 g/mol. The van der Waals surface area contributed by atoms with Crippen LogP contribution in [0.4, 0.5) is 30.6 Å². The van der Waals surface area contributed by atoms with Gasteiger partial charge in [0.25, 0.3) is 0 Å². The summed E-state index contributed by atoms with van der Waals surface area (Å²) >= 11 is 0. The molecule has 2 unspecified atom stereocenters. The van der Waals surface area contributed by atoms with Crippen LogP contribution in [0.3, 0.4) is 0 Å². The largest absolute Gasteiger partial charge is 0.492 e. The van der Waals surface area contributed by atoms with E-state index in [1.807, 2.05) is 29.1 Å². The third kappa shape index (κ3) is 6.16. The Labute approximate surface area is 189 Å². The van der Waals surface area contributed by atoms with E-state index in [0.29, 0.717) is 30.9 Å². The molecule has 3 aromatic rings. The van der Waals surface area contributed by atoms with Crippen molar-refractivity contribution in [3.05, 3.63) is 60.6 Å². The van der Waals surface area contributed by atoms with Gasteiger partial charge >= 0.3 is 6.18 Å². The Morgan fingerprint density at radius 2 is 1.82 bits per heavy atom. The highest BCUT2D eigenvalue weighted by atomic mass is 19.4. The molecule has 0 radical (unpaired) electrons. The third-order valence-electron chi connectivity index (χ3n) is 5.54. The summed E-state index contributed by atoms with van der Waals surface area (Å²) in [6.45, 7) is 1.23. The molecule has 1 saturated carbocycles. The fourth-order valence-electron chi connectivity index (χ4n) is 3.77. The zero-order chi connectivity index (χ0) is 23.3. The highest BCUT2D eigenvalue weighted by Gasteiger charge is 2.36. The second kappa shape index (κ2) is 10.1. The van der Waals surface area contributed by atoms with Gasteiger partial charge < -0.3 is 25.0 Å². The summed E-state index contributed by atoms with van der Waals surface area (Å²) in [5, 5.41) is 15.9. The van der Waals surface area contributed by atoms with Crippen molar-refractivity contribution in [3.63, 3.8) is 0 Å². The zero-order valence-corrected chi connectivity index (χ0v) is 17.9. The van der Waals surface area contributed by atoms with Crippen molar-refractivity contribution in [3.8, 4) is 5.75 Å². The lowest BCUT2D eigenvalue weighted by atomic mass is 9.92. The maximum Gasteiger partial charge on any atom is 0.421 e. The maximum absolute atomic E-state index is 13.5. The summed E-state index contributed by atoms with van der Waals surface area (Å²) in [6, 6.07) is 10.4. The lowest BCUT2D eigenvalue weighted by molar-refractivity contribution is -0.137. The second-order valence-electron chi connectivity index (χ2n) is 7.97. The van der Waals surface area contributed by atoms with Crippen LogP contribution in [0.15, 0.2) is 55.0 Å². The van der Waals surface area contributed by atoms with Crippen LogP contribution in [0, 0.1) is 0 Å². The van der Waals surface area contributed by atoms with E-state index in [1.54, 1.807) is 24.3 Å². The molecule has 2 atom stereocenters. The van der Waals surface area contributed by atoms with Crippen LogP contribution in [0.2, 0.25) is 0 Å². The minimum absolute atomic E-state index is 0.0251. The van der Waals surface area contributed by atoms with Gasteiger partial charge in [-0.2, -0.15) is 18.2 Å². The molecule has 1 aromatic carbocycles. The fourth-order valence-corrected chi connectivity index (χ4v) is 3.77. The van der Waals surface area contributed by atoms with Crippen LogP contribution in [0.5, 0.6) is 5.75 Å². The van der Waals surface area contributed by atoms with Crippen molar-refractivity contribution in [2.45, 2.75) is 50.6 Å². The van der Waals surface area contributed by atoms with Crippen molar-refractivity contribution in [2.24, 2.45) is 0 Å². The molecule has 10 heteroatoms. The van der Waals surface area contributed by atoms with Gasteiger partial charge in [0.15, 0.2) is 0 Å². The number of aromatic nitrogens is 3. The smallest absolute Gasteiger partial charge is 0.421 e. The highest BCUT2D eigenvalue weighted by molar-refractivity contribution is 5.57. The molecule has 1 aliphatic rings. The van der Waals surface area contributed by atoms with Gasteiger partial charge in [-0.05, 0) is 49.2 Å². The van der Waals surface area contributed by atoms with Gasteiger partial charge in [-0.1, -0.05) is 12.8 Å². The Hall–Kier alpha value is -3.27. The summed E-state index contributed by atoms with van der Waals surface area (Å²) in [7, 11) is 0. The number of anilines is 3. The van der Waals surface area contributed by atoms with E-state index in [1.165, 1.54) is 0 Å². The molecule has 0 spiro atoms. The lowest BCUT2D eigenvalue weighted by Crippen LogP contribution is -2.37. The predicted molar refractivity (Wildman–Crippen MR) is 119 cm³/mol. The van der Waals surface area contributed by atoms with E-state index in [4.69, 9.17) is 4.74 Å². The summed E-state index contributed by atoms with van der Waals surface area (Å²) < 4.78 is 48.2. The van der Waals surface area contributed by atoms with Crippen LogP contribution >= 0.6 is 0 Å². The molecule has 33 heavy (non-hydrogen) atoms. The standard InChI is InChI=1S/C23H26F3N5O2/c24-23(25,26)18-15-27-22(30-21(18)29-19-5-1-2-6-20(19)32)28-16-7-9-17(10-8-16)33-14-13-31-11-3-4-12-31/h3-4,7-12,15,19-20,32H,1-2,5-6,13-14H2,(H2,27,28,29,30). The highest BCUT2D eigenvalue weighted by Crippen LogP contribution is 2.35. The van der Waals surface area contributed by atoms with E-state index in [0.717, 1.165) is 25.6 Å². The molecule has 3 N–H and O–H groups in total. The molecule has 4 rings (SSSR count). The average Bonchev–Trinajstić information content (AvgIpc) is 3.30. The number of hydrogen-bond donors (Lipinski definition) is 3. The van der Waals surface area contributed by atoms with E-state index in [2.05, 4.69) is 20.6 Å². The monoisotopic (exact) mass is 461 g/mol. The number of halogens is 3. The summed E-state index contributed by atoms with van der Waals surface area (Å²) in [5.74, 6) is 0.364. The molecule has 0 saturated heterocycles. The Morgan fingerprint density at radius 1 is 1.09 bits per heavy atom. The first-order valence-electron chi connectivity index (χ1n) is 10.9. The average molecular weight is 461 g/mol. The molecular formula is C23H26F3N5O2. The number of rotatable bonds is 8. The van der Waals surface area contributed by atoms with Crippen LogP contribution in [-0.4, -0.2) is 38.4 Å². The number of benzene rings is 1. The second-order valence-corrected chi connectivity index (χ2v) is 7.97. The molecule has 2 heterocycles. The minimum Gasteiger partial charge on any atom is -0.492 e. The molecule has 0 aliphatic heterocycles. The quantitative estimate of drug-likeness (QED) is 0.446. The fraction of sp³-hybridized carbons (Fsp3) is 0.391. The zero-order valence-electron chi connectivity index (χ0n) is 17.9. The lowest BCUT2D eigenvalue weighted by Gasteiger charge is -2.29. The Balaban J connectivity index is 1.42. The van der Waals surface area contributed by atoms with Crippen LogP contribution < -0.4 is 15.4 Å². The van der Waals surface area contributed by atoms with Crippen LogP contribution in [-0.2, 0) is 12.7 Å². The molecule has 176 valence electrons. The third-order valence-corrected chi connectivity index (χ3v) is 5.54. The van der Waals surface area contributed by atoms with Gasteiger partial charge in [-0.15, -0.1) is 0 Å². The van der Waals surface area contributed by atoms with Crippen molar-refractivity contribution < 1.29 is 23.0 Å². The number of alkyl halides is 3. The first kappa shape index (κ1) is 22.9. The van der Waals surface area contributed by atoms with Crippen LogP contribution in [0.25, 0.3) is 0 Å². The van der Waals surface area contributed by atoms with Crippen molar-refractivity contribution in [1.82, 2.24) is 14.5 Å². The first-order valence-corrected chi connectivity index (χ1v) is 10.9.